The quantitative estimate of drug-likeness (QED) is 0.809. The minimum absolute atomic E-state index is 0.564. The van der Waals surface area contributed by atoms with E-state index >= 15 is 0 Å². The van der Waals surface area contributed by atoms with Crippen LogP contribution in [0, 0.1) is 0 Å². The van der Waals surface area contributed by atoms with E-state index in [1.165, 1.54) is 5.56 Å². The van der Waals surface area contributed by atoms with Gasteiger partial charge in [-0.05, 0) is 17.7 Å². The van der Waals surface area contributed by atoms with Crippen LogP contribution in [0.1, 0.15) is 5.56 Å². The molecular weight excluding hydrogens is 270 g/mol. The summed E-state index contributed by atoms with van der Waals surface area (Å²) in [4.78, 5) is 9.16. The van der Waals surface area contributed by atoms with E-state index in [0.717, 1.165) is 38.5 Å². The molecule has 1 aromatic carbocycles. The third-order valence-electron chi connectivity index (χ3n) is 3.65. The Kier molecular flexibility index (Phi) is 4.19. The second-order valence-corrected chi connectivity index (χ2v) is 5.45. The van der Waals surface area contributed by atoms with Crippen LogP contribution in [0.15, 0.2) is 48.5 Å². The van der Waals surface area contributed by atoms with Gasteiger partial charge in [0.05, 0.1) is 0 Å². The van der Waals surface area contributed by atoms with Gasteiger partial charge in [-0.15, -0.1) is 0 Å². The minimum Gasteiger partial charge on any atom is -0.354 e. The lowest BCUT2D eigenvalue weighted by atomic mass is 10.2. The van der Waals surface area contributed by atoms with E-state index in [-0.39, 0.29) is 0 Å². The van der Waals surface area contributed by atoms with Gasteiger partial charge in [0.25, 0.3) is 0 Å². The van der Waals surface area contributed by atoms with Crippen LogP contribution < -0.4 is 4.90 Å². The summed E-state index contributed by atoms with van der Waals surface area (Å²) in [7, 11) is 0. The predicted molar refractivity (Wildman–Crippen MR) is 83.2 cm³/mol. The highest BCUT2D eigenvalue weighted by Crippen LogP contribution is 2.17. The van der Waals surface area contributed by atoms with Crippen molar-refractivity contribution < 1.29 is 0 Å². The molecule has 1 aromatic heterocycles. The zero-order chi connectivity index (χ0) is 13.8. The number of halogens is 1. The second-order valence-electron chi connectivity index (χ2n) is 5.07. The number of nitrogens with zero attached hydrogens (tertiary/aromatic N) is 3. The molecule has 1 aliphatic rings. The fraction of sp³-hybridized carbons (Fsp3) is 0.312. The topological polar surface area (TPSA) is 19.4 Å². The molecule has 0 radical (unpaired) electrons. The van der Waals surface area contributed by atoms with E-state index in [9.17, 15) is 0 Å². The molecule has 3 nitrogen and oxygen atoms in total. The zero-order valence-electron chi connectivity index (χ0n) is 11.4. The summed E-state index contributed by atoms with van der Waals surface area (Å²) in [6.45, 7) is 5.14. The van der Waals surface area contributed by atoms with Crippen molar-refractivity contribution in [1.82, 2.24) is 9.88 Å². The first kappa shape index (κ1) is 13.4. The third-order valence-corrected chi connectivity index (χ3v) is 3.86. The van der Waals surface area contributed by atoms with Crippen molar-refractivity contribution in [1.29, 1.82) is 0 Å². The fourth-order valence-corrected chi connectivity index (χ4v) is 2.71. The Hall–Kier alpha value is -1.58. The lowest BCUT2D eigenvalue weighted by Gasteiger charge is -2.35. The van der Waals surface area contributed by atoms with Gasteiger partial charge in [-0.2, -0.15) is 0 Å². The van der Waals surface area contributed by atoms with Crippen LogP contribution in [-0.2, 0) is 6.54 Å². The van der Waals surface area contributed by atoms with Crippen molar-refractivity contribution in [2.75, 3.05) is 31.1 Å². The highest BCUT2D eigenvalue weighted by Gasteiger charge is 2.18. The van der Waals surface area contributed by atoms with Gasteiger partial charge in [0, 0.05) is 32.7 Å². The van der Waals surface area contributed by atoms with Gasteiger partial charge in [0.15, 0.2) is 0 Å². The number of piperazine rings is 1. The van der Waals surface area contributed by atoms with Crippen LogP contribution in [0.3, 0.4) is 0 Å². The molecule has 0 aliphatic carbocycles. The molecule has 0 bridgehead atoms. The number of hydrogen-bond acceptors (Lipinski definition) is 3. The maximum absolute atomic E-state index is 5.95. The van der Waals surface area contributed by atoms with Crippen molar-refractivity contribution in [3.8, 4) is 0 Å². The van der Waals surface area contributed by atoms with Crippen molar-refractivity contribution in [2.24, 2.45) is 0 Å². The highest BCUT2D eigenvalue weighted by atomic mass is 35.5. The standard InChI is InChI=1S/C16H18ClN3/c17-15-7-4-8-16(18-15)20-11-9-19(10-12-20)13-14-5-2-1-3-6-14/h1-8H,9-13H2. The Morgan fingerprint density at radius 2 is 1.65 bits per heavy atom. The van der Waals surface area contributed by atoms with Crippen molar-refractivity contribution >= 4 is 17.4 Å². The first-order valence-electron chi connectivity index (χ1n) is 6.95. The van der Waals surface area contributed by atoms with Crippen molar-refractivity contribution in [2.45, 2.75) is 6.54 Å². The SMILES string of the molecule is Clc1cccc(N2CCN(Cc3ccccc3)CC2)n1. The lowest BCUT2D eigenvalue weighted by molar-refractivity contribution is 0.249. The van der Waals surface area contributed by atoms with Crippen LogP contribution >= 0.6 is 11.6 Å². The first-order chi connectivity index (χ1) is 9.81. The van der Waals surface area contributed by atoms with Crippen LogP contribution in [0.5, 0.6) is 0 Å². The van der Waals surface area contributed by atoms with E-state index < -0.39 is 0 Å². The van der Waals surface area contributed by atoms with E-state index in [1.54, 1.807) is 0 Å². The number of rotatable bonds is 3. The summed E-state index contributed by atoms with van der Waals surface area (Å²) in [5.41, 5.74) is 1.38. The average molecular weight is 288 g/mol. The normalized spacial score (nSPS) is 16.4. The lowest BCUT2D eigenvalue weighted by Crippen LogP contribution is -2.46. The maximum atomic E-state index is 5.95. The summed E-state index contributed by atoms with van der Waals surface area (Å²) in [6.07, 6.45) is 0. The van der Waals surface area contributed by atoms with E-state index in [0.29, 0.717) is 5.15 Å². The second kappa shape index (κ2) is 6.25. The van der Waals surface area contributed by atoms with Gasteiger partial charge in [0.2, 0.25) is 0 Å². The van der Waals surface area contributed by atoms with Gasteiger partial charge in [-0.3, -0.25) is 4.90 Å². The molecule has 2 heterocycles. The fourth-order valence-electron chi connectivity index (χ4n) is 2.55. The van der Waals surface area contributed by atoms with Crippen LogP contribution in [0.4, 0.5) is 5.82 Å². The Bertz CT molecular complexity index is 551. The van der Waals surface area contributed by atoms with Crippen LogP contribution in [0.2, 0.25) is 5.15 Å². The van der Waals surface area contributed by atoms with Crippen LogP contribution in [0.25, 0.3) is 0 Å². The molecule has 4 heteroatoms. The largest absolute Gasteiger partial charge is 0.354 e. The van der Waals surface area contributed by atoms with E-state index in [2.05, 4.69) is 45.1 Å². The van der Waals surface area contributed by atoms with Gasteiger partial charge in [0.1, 0.15) is 11.0 Å². The highest BCUT2D eigenvalue weighted by molar-refractivity contribution is 6.29. The Morgan fingerprint density at radius 1 is 0.900 bits per heavy atom. The third kappa shape index (κ3) is 3.30. The van der Waals surface area contributed by atoms with Gasteiger partial charge >= 0.3 is 0 Å². The van der Waals surface area contributed by atoms with Crippen molar-refractivity contribution in [3.05, 3.63) is 59.2 Å². The zero-order valence-corrected chi connectivity index (χ0v) is 12.1. The minimum atomic E-state index is 0.564. The summed E-state index contributed by atoms with van der Waals surface area (Å²) in [5.74, 6) is 0.983. The monoisotopic (exact) mass is 287 g/mol. The number of aromatic nitrogens is 1. The van der Waals surface area contributed by atoms with Gasteiger partial charge in [-0.1, -0.05) is 48.0 Å². The molecule has 0 saturated carbocycles. The number of anilines is 1. The average Bonchev–Trinajstić information content (AvgIpc) is 2.49. The molecule has 1 fully saturated rings. The Balaban J connectivity index is 1.57. The molecule has 1 saturated heterocycles. The molecule has 20 heavy (non-hydrogen) atoms. The molecule has 0 unspecified atom stereocenters. The maximum Gasteiger partial charge on any atom is 0.131 e. The molecule has 0 N–H and O–H groups in total. The first-order valence-corrected chi connectivity index (χ1v) is 7.33. The molecule has 0 spiro atoms. The molecule has 0 atom stereocenters. The molecule has 1 aliphatic heterocycles. The summed E-state index contributed by atoms with van der Waals surface area (Å²) >= 11 is 5.95. The molecule has 0 amide bonds. The van der Waals surface area contributed by atoms with Crippen LogP contribution in [-0.4, -0.2) is 36.1 Å². The predicted octanol–water partition coefficient (Wildman–Crippen LogP) is 3.06. The number of hydrogen-bond donors (Lipinski definition) is 0. The van der Waals surface area contributed by atoms with Gasteiger partial charge in [-0.25, -0.2) is 4.98 Å². The molecule has 104 valence electrons. The summed E-state index contributed by atoms with van der Waals surface area (Å²) in [6, 6.07) is 16.4. The Morgan fingerprint density at radius 3 is 2.35 bits per heavy atom. The summed E-state index contributed by atoms with van der Waals surface area (Å²) in [5, 5.41) is 0.564. The number of benzene rings is 1. The van der Waals surface area contributed by atoms with E-state index in [4.69, 9.17) is 11.6 Å². The van der Waals surface area contributed by atoms with Crippen molar-refractivity contribution in [3.63, 3.8) is 0 Å². The smallest absolute Gasteiger partial charge is 0.131 e. The number of pyridine rings is 1. The molecule has 2 aromatic rings. The summed E-state index contributed by atoms with van der Waals surface area (Å²) < 4.78 is 0. The van der Waals surface area contributed by atoms with E-state index in [1.807, 2.05) is 18.2 Å². The van der Waals surface area contributed by atoms with Gasteiger partial charge < -0.3 is 4.90 Å². The Labute approximate surface area is 124 Å². The molecular formula is C16H18ClN3. The molecule has 3 rings (SSSR count).